The number of aliphatic hydroxyl groups is 1. The molecular weight excluding hydrogens is 408 g/mol. The van der Waals surface area contributed by atoms with E-state index in [1.165, 1.54) is 0 Å². The molecule has 2 N–H and O–H groups in total. The highest BCUT2D eigenvalue weighted by molar-refractivity contribution is 5.87. The largest absolute Gasteiger partial charge is 0.481 e. The van der Waals surface area contributed by atoms with Crippen LogP contribution < -0.4 is 0 Å². The van der Waals surface area contributed by atoms with Crippen LogP contribution >= 0.6 is 0 Å². The molecule has 4 saturated carbocycles. The molecule has 5 rings (SSSR count). The first-order chi connectivity index (χ1) is 15.1. The minimum atomic E-state index is -0.765. The Morgan fingerprint density at radius 1 is 1.16 bits per heavy atom. The number of Topliss-reactive ketones (excluding diaryl/α,β-unsaturated/α-hetero) is 1. The van der Waals surface area contributed by atoms with Gasteiger partial charge in [0.1, 0.15) is 5.78 Å². The number of carboxylic acids is 1. The highest BCUT2D eigenvalue weighted by atomic mass is 16.7. The number of carbonyl (C=O) groups excluding carboxylic acids is 1. The number of hydrogen-bond donors (Lipinski definition) is 2. The van der Waals surface area contributed by atoms with Crippen LogP contribution in [0.4, 0.5) is 0 Å². The van der Waals surface area contributed by atoms with Gasteiger partial charge in [-0.3, -0.25) is 9.59 Å². The molecule has 180 valence electrons. The number of ketones is 1. The van der Waals surface area contributed by atoms with E-state index in [1.807, 2.05) is 0 Å². The van der Waals surface area contributed by atoms with E-state index in [9.17, 15) is 14.7 Å². The van der Waals surface area contributed by atoms with Crippen LogP contribution in [0.2, 0.25) is 0 Å². The third-order valence-electron chi connectivity index (χ3n) is 10.9. The lowest BCUT2D eigenvalue weighted by Gasteiger charge is -2.62. The van der Waals surface area contributed by atoms with Crippen LogP contribution in [-0.2, 0) is 19.1 Å². The summed E-state index contributed by atoms with van der Waals surface area (Å²) in [5, 5.41) is 20.6. The van der Waals surface area contributed by atoms with E-state index in [2.05, 4.69) is 20.8 Å². The molecule has 6 heteroatoms. The zero-order valence-electron chi connectivity index (χ0n) is 19.8. The number of carboxylic acid groups (broad SMARTS) is 1. The maximum absolute atomic E-state index is 13.8. The van der Waals surface area contributed by atoms with E-state index in [0.717, 1.165) is 38.5 Å². The van der Waals surface area contributed by atoms with Crippen molar-refractivity contribution in [3.63, 3.8) is 0 Å². The van der Waals surface area contributed by atoms with E-state index in [-0.39, 0.29) is 47.5 Å². The second kappa shape index (κ2) is 7.78. The molecule has 6 nitrogen and oxygen atoms in total. The molecule has 0 bridgehead atoms. The lowest BCUT2D eigenvalue weighted by atomic mass is 9.43. The Bertz CT molecular complexity index is 774. The predicted octanol–water partition coefficient (Wildman–Crippen LogP) is 4.04. The fourth-order valence-corrected chi connectivity index (χ4v) is 9.14. The van der Waals surface area contributed by atoms with Crippen molar-refractivity contribution in [3.8, 4) is 0 Å². The summed E-state index contributed by atoms with van der Waals surface area (Å²) < 4.78 is 12.0. The Balaban J connectivity index is 1.40. The van der Waals surface area contributed by atoms with Crippen LogP contribution in [0.3, 0.4) is 0 Å². The zero-order valence-corrected chi connectivity index (χ0v) is 19.8. The highest BCUT2D eigenvalue weighted by Crippen LogP contribution is 2.68. The van der Waals surface area contributed by atoms with Gasteiger partial charge >= 0.3 is 5.97 Å². The van der Waals surface area contributed by atoms with Crippen molar-refractivity contribution in [2.75, 3.05) is 13.2 Å². The highest BCUT2D eigenvalue weighted by Gasteiger charge is 2.67. The van der Waals surface area contributed by atoms with E-state index in [0.29, 0.717) is 37.8 Å². The summed E-state index contributed by atoms with van der Waals surface area (Å²) in [6.07, 6.45) is 6.35. The first-order valence-corrected chi connectivity index (χ1v) is 12.8. The normalized spacial score (nSPS) is 48.2. The Hall–Kier alpha value is -0.980. The van der Waals surface area contributed by atoms with E-state index in [1.54, 1.807) is 0 Å². The zero-order chi connectivity index (χ0) is 22.9. The molecule has 0 radical (unpaired) electrons. The molecule has 1 saturated heterocycles. The first-order valence-electron chi connectivity index (χ1n) is 12.8. The second-order valence-electron chi connectivity index (χ2n) is 12.1. The molecule has 32 heavy (non-hydrogen) atoms. The van der Waals surface area contributed by atoms with Crippen LogP contribution in [0.15, 0.2) is 0 Å². The summed E-state index contributed by atoms with van der Waals surface area (Å²) in [4.78, 5) is 25.0. The lowest BCUT2D eigenvalue weighted by molar-refractivity contribution is -0.240. The molecule has 0 aromatic rings. The molecular formula is C26H40O6. The monoisotopic (exact) mass is 448 g/mol. The van der Waals surface area contributed by atoms with E-state index < -0.39 is 17.2 Å². The average molecular weight is 449 g/mol. The van der Waals surface area contributed by atoms with Crippen molar-refractivity contribution in [2.24, 2.45) is 46.3 Å². The molecule has 5 fully saturated rings. The fourth-order valence-electron chi connectivity index (χ4n) is 9.14. The third kappa shape index (κ3) is 3.23. The van der Waals surface area contributed by atoms with Gasteiger partial charge in [0.15, 0.2) is 5.79 Å². The lowest BCUT2D eigenvalue weighted by Crippen LogP contribution is -2.62. The van der Waals surface area contributed by atoms with Gasteiger partial charge in [0.05, 0.1) is 19.3 Å². The van der Waals surface area contributed by atoms with Crippen LogP contribution in [0, 0.1) is 46.3 Å². The van der Waals surface area contributed by atoms with Crippen molar-refractivity contribution in [1.82, 2.24) is 0 Å². The molecule has 1 spiro atoms. The third-order valence-corrected chi connectivity index (χ3v) is 10.9. The molecule has 0 amide bonds. The Labute approximate surface area is 191 Å². The predicted molar refractivity (Wildman–Crippen MR) is 118 cm³/mol. The number of carbonyl (C=O) groups is 2. The van der Waals surface area contributed by atoms with Crippen LogP contribution in [-0.4, -0.2) is 47.1 Å². The summed E-state index contributed by atoms with van der Waals surface area (Å²) in [6.45, 7) is 7.93. The molecule has 0 aromatic carbocycles. The smallest absolute Gasteiger partial charge is 0.303 e. The molecule has 1 heterocycles. The van der Waals surface area contributed by atoms with Crippen molar-refractivity contribution >= 4 is 11.8 Å². The Morgan fingerprint density at radius 2 is 1.88 bits per heavy atom. The van der Waals surface area contributed by atoms with Crippen LogP contribution in [0.1, 0.15) is 78.6 Å². The molecule has 1 aliphatic heterocycles. The Morgan fingerprint density at radius 3 is 2.56 bits per heavy atom. The standard InChI is InChI=1S/C26H40O6/c1-15(4-7-22(29)30)17-5-6-18-23-19(13-21(28)25(17,18)3)24(2)8-9-26(31-10-11-32-26)14-16(24)12-20(23)27/h15-20,23,27H,4-14H2,1-3H3,(H,29,30)/t15-,16+,17+,18-,19-,20+,23+,24-,25+/m0/s1. The topological polar surface area (TPSA) is 93.1 Å². The molecule has 9 atom stereocenters. The van der Waals surface area contributed by atoms with Crippen LogP contribution in [0.25, 0.3) is 0 Å². The summed E-state index contributed by atoms with van der Waals surface area (Å²) in [6, 6.07) is 0. The maximum Gasteiger partial charge on any atom is 0.303 e. The quantitative estimate of drug-likeness (QED) is 0.674. The Kier molecular flexibility index (Phi) is 5.54. The first kappa shape index (κ1) is 22.8. The SMILES string of the molecule is C[C@@H](CCC(=O)O)[C@H]1CC[C@H]2[C@H]3[C@H](O)C[C@@H]4CC5(CC[C@]4(C)[C@H]3CC(=O)[C@]12C)OCCO5. The van der Waals surface area contributed by atoms with Crippen molar-refractivity contribution in [1.29, 1.82) is 0 Å². The fraction of sp³-hybridized carbons (Fsp3) is 0.923. The number of ether oxygens (including phenoxy) is 2. The number of aliphatic hydroxyl groups excluding tert-OH is 1. The maximum atomic E-state index is 13.8. The van der Waals surface area contributed by atoms with Crippen LogP contribution in [0.5, 0.6) is 0 Å². The van der Waals surface area contributed by atoms with E-state index in [4.69, 9.17) is 14.6 Å². The summed E-state index contributed by atoms with van der Waals surface area (Å²) >= 11 is 0. The van der Waals surface area contributed by atoms with Gasteiger partial charge in [0.2, 0.25) is 0 Å². The number of rotatable bonds is 4. The minimum absolute atomic E-state index is 0.0362. The summed E-state index contributed by atoms with van der Waals surface area (Å²) in [5.74, 6) is 0.438. The van der Waals surface area contributed by atoms with Gasteiger partial charge < -0.3 is 19.7 Å². The summed E-state index contributed by atoms with van der Waals surface area (Å²) in [7, 11) is 0. The van der Waals surface area contributed by atoms with E-state index >= 15 is 0 Å². The minimum Gasteiger partial charge on any atom is -0.481 e. The van der Waals surface area contributed by atoms with Gasteiger partial charge in [-0.25, -0.2) is 0 Å². The van der Waals surface area contributed by atoms with Crippen molar-refractivity contribution in [2.45, 2.75) is 90.4 Å². The second-order valence-corrected chi connectivity index (χ2v) is 12.1. The molecule has 0 aromatic heterocycles. The van der Waals surface area contributed by atoms with Gasteiger partial charge in [-0.2, -0.15) is 0 Å². The number of aliphatic carboxylic acids is 1. The molecule has 5 aliphatic rings. The number of hydrogen-bond acceptors (Lipinski definition) is 5. The van der Waals surface area contributed by atoms with Gasteiger partial charge in [-0.15, -0.1) is 0 Å². The van der Waals surface area contributed by atoms with Gasteiger partial charge in [-0.1, -0.05) is 20.8 Å². The molecule has 0 unspecified atom stereocenters. The number of fused-ring (bicyclic) bond motifs is 5. The summed E-state index contributed by atoms with van der Waals surface area (Å²) in [5.41, 5.74) is -0.398. The van der Waals surface area contributed by atoms with Crippen molar-refractivity contribution in [3.05, 3.63) is 0 Å². The van der Waals surface area contributed by atoms with Gasteiger partial charge in [0.25, 0.3) is 0 Å². The van der Waals surface area contributed by atoms with Gasteiger partial charge in [-0.05, 0) is 73.0 Å². The van der Waals surface area contributed by atoms with Gasteiger partial charge in [0, 0.05) is 31.1 Å². The molecule has 4 aliphatic carbocycles. The average Bonchev–Trinajstić information content (AvgIpc) is 3.34. The van der Waals surface area contributed by atoms with Crippen molar-refractivity contribution < 1.29 is 29.3 Å².